The van der Waals surface area contributed by atoms with Crippen molar-refractivity contribution in [2.75, 3.05) is 31.3 Å². The standard InChI is InChI=1S/C11H20N6O2/c1-7(2)19-11-16-9(13-4)15-10(17-11)14-6-5-8(18)12-3/h7H,5-6H2,1-4H3,(H,12,18)(H2,13,14,15,16,17). The normalized spacial score (nSPS) is 10.2. The highest BCUT2D eigenvalue weighted by atomic mass is 16.5. The molecule has 0 aliphatic heterocycles. The molecule has 0 aliphatic rings. The minimum Gasteiger partial charge on any atom is -0.461 e. The summed E-state index contributed by atoms with van der Waals surface area (Å²) < 4.78 is 5.42. The van der Waals surface area contributed by atoms with E-state index >= 15 is 0 Å². The zero-order chi connectivity index (χ0) is 14.3. The van der Waals surface area contributed by atoms with Crippen LogP contribution in [-0.4, -0.2) is 47.6 Å². The van der Waals surface area contributed by atoms with Gasteiger partial charge in [-0.1, -0.05) is 0 Å². The minimum absolute atomic E-state index is 0.0224. The molecule has 0 saturated carbocycles. The lowest BCUT2D eigenvalue weighted by atomic mass is 10.4. The molecule has 1 aromatic rings. The SMILES string of the molecule is CNC(=O)CCNc1nc(NC)nc(OC(C)C)n1. The number of hydrogen-bond donors (Lipinski definition) is 3. The molecule has 0 radical (unpaired) electrons. The van der Waals surface area contributed by atoms with Crippen LogP contribution in [-0.2, 0) is 4.79 Å². The molecule has 0 unspecified atom stereocenters. The van der Waals surface area contributed by atoms with Crippen LogP contribution in [0.3, 0.4) is 0 Å². The fourth-order valence-corrected chi connectivity index (χ4v) is 1.22. The Hall–Kier alpha value is -2.12. The molecule has 1 aromatic heterocycles. The van der Waals surface area contributed by atoms with Gasteiger partial charge in [0, 0.05) is 27.1 Å². The molecule has 3 N–H and O–H groups in total. The van der Waals surface area contributed by atoms with E-state index in [1.807, 2.05) is 13.8 Å². The molecule has 1 amide bonds. The lowest BCUT2D eigenvalue weighted by molar-refractivity contribution is -0.120. The van der Waals surface area contributed by atoms with Gasteiger partial charge in [0.1, 0.15) is 0 Å². The van der Waals surface area contributed by atoms with Gasteiger partial charge in [-0.05, 0) is 13.8 Å². The van der Waals surface area contributed by atoms with Crippen LogP contribution in [0.4, 0.5) is 11.9 Å². The number of ether oxygens (including phenoxy) is 1. The fraction of sp³-hybridized carbons (Fsp3) is 0.636. The Morgan fingerprint density at radius 3 is 2.47 bits per heavy atom. The van der Waals surface area contributed by atoms with E-state index in [4.69, 9.17) is 4.74 Å². The van der Waals surface area contributed by atoms with Crippen LogP contribution in [0, 0.1) is 0 Å². The smallest absolute Gasteiger partial charge is 0.323 e. The second kappa shape index (κ2) is 7.34. The number of nitrogens with zero attached hydrogens (tertiary/aromatic N) is 3. The van der Waals surface area contributed by atoms with Crippen molar-refractivity contribution in [1.29, 1.82) is 0 Å². The van der Waals surface area contributed by atoms with E-state index in [1.165, 1.54) is 0 Å². The maximum atomic E-state index is 11.1. The number of aromatic nitrogens is 3. The van der Waals surface area contributed by atoms with Crippen molar-refractivity contribution in [3.63, 3.8) is 0 Å². The van der Waals surface area contributed by atoms with Gasteiger partial charge in [0.25, 0.3) is 0 Å². The number of anilines is 2. The summed E-state index contributed by atoms with van der Waals surface area (Å²) in [5.74, 6) is 0.737. The summed E-state index contributed by atoms with van der Waals surface area (Å²) in [4.78, 5) is 23.4. The third-order valence-electron chi connectivity index (χ3n) is 2.09. The molecule has 0 atom stereocenters. The molecule has 1 rings (SSSR count). The van der Waals surface area contributed by atoms with E-state index < -0.39 is 0 Å². The molecule has 0 fully saturated rings. The number of nitrogens with one attached hydrogen (secondary N) is 3. The largest absolute Gasteiger partial charge is 0.461 e. The van der Waals surface area contributed by atoms with Gasteiger partial charge >= 0.3 is 6.01 Å². The van der Waals surface area contributed by atoms with Crippen molar-refractivity contribution in [3.8, 4) is 6.01 Å². The molecule has 0 spiro atoms. The maximum absolute atomic E-state index is 11.1. The average Bonchev–Trinajstić information content (AvgIpc) is 2.37. The van der Waals surface area contributed by atoms with Crippen molar-refractivity contribution in [2.24, 2.45) is 0 Å². The average molecular weight is 268 g/mol. The summed E-state index contributed by atoms with van der Waals surface area (Å²) in [5.41, 5.74) is 0. The zero-order valence-electron chi connectivity index (χ0n) is 11.6. The molecule has 0 bridgehead atoms. The van der Waals surface area contributed by atoms with E-state index in [2.05, 4.69) is 30.9 Å². The predicted molar refractivity (Wildman–Crippen MR) is 72.3 cm³/mol. The Bertz CT molecular complexity index is 424. The van der Waals surface area contributed by atoms with Gasteiger partial charge in [0.15, 0.2) is 0 Å². The van der Waals surface area contributed by atoms with Crippen LogP contribution in [0.25, 0.3) is 0 Å². The van der Waals surface area contributed by atoms with Gasteiger partial charge in [-0.3, -0.25) is 4.79 Å². The van der Waals surface area contributed by atoms with Crippen LogP contribution < -0.4 is 20.7 Å². The highest BCUT2D eigenvalue weighted by molar-refractivity contribution is 5.75. The Labute approximate surface area is 112 Å². The number of carbonyl (C=O) groups is 1. The van der Waals surface area contributed by atoms with Gasteiger partial charge in [0.2, 0.25) is 17.8 Å². The molecule has 0 aromatic carbocycles. The first kappa shape index (κ1) is 14.9. The highest BCUT2D eigenvalue weighted by Gasteiger charge is 2.08. The van der Waals surface area contributed by atoms with Gasteiger partial charge in [-0.2, -0.15) is 15.0 Å². The molecule has 1 heterocycles. The van der Waals surface area contributed by atoms with Crippen LogP contribution >= 0.6 is 0 Å². The monoisotopic (exact) mass is 268 g/mol. The van der Waals surface area contributed by atoms with Crippen molar-refractivity contribution in [2.45, 2.75) is 26.4 Å². The van der Waals surface area contributed by atoms with Crippen molar-refractivity contribution < 1.29 is 9.53 Å². The van der Waals surface area contributed by atoms with Crippen molar-refractivity contribution in [1.82, 2.24) is 20.3 Å². The first-order chi connectivity index (χ1) is 9.05. The fourth-order valence-electron chi connectivity index (χ4n) is 1.22. The lowest BCUT2D eigenvalue weighted by Crippen LogP contribution is -2.21. The molecule has 106 valence electrons. The Balaban J connectivity index is 2.68. The first-order valence-corrected chi connectivity index (χ1v) is 6.10. The maximum Gasteiger partial charge on any atom is 0.323 e. The second-order valence-corrected chi connectivity index (χ2v) is 4.03. The van der Waals surface area contributed by atoms with E-state index in [1.54, 1.807) is 14.1 Å². The number of carbonyl (C=O) groups excluding carboxylic acids is 1. The third-order valence-corrected chi connectivity index (χ3v) is 2.09. The summed E-state index contributed by atoms with van der Waals surface area (Å²) in [6.07, 6.45) is 0.322. The second-order valence-electron chi connectivity index (χ2n) is 4.03. The highest BCUT2D eigenvalue weighted by Crippen LogP contribution is 2.11. The van der Waals surface area contributed by atoms with E-state index in [0.717, 1.165) is 0 Å². The van der Waals surface area contributed by atoms with Crippen LogP contribution in [0.15, 0.2) is 0 Å². The first-order valence-electron chi connectivity index (χ1n) is 6.10. The molecular weight excluding hydrogens is 248 g/mol. The van der Waals surface area contributed by atoms with Gasteiger partial charge in [0.05, 0.1) is 6.10 Å². The Kier molecular flexibility index (Phi) is 5.77. The van der Waals surface area contributed by atoms with Gasteiger partial charge in [-0.25, -0.2) is 0 Å². The van der Waals surface area contributed by atoms with Crippen LogP contribution in [0.1, 0.15) is 20.3 Å². The molecule has 0 saturated heterocycles. The number of amides is 1. The summed E-state index contributed by atoms with van der Waals surface area (Å²) in [5, 5.41) is 8.33. The van der Waals surface area contributed by atoms with Crippen molar-refractivity contribution in [3.05, 3.63) is 0 Å². The molecule has 8 nitrogen and oxygen atoms in total. The van der Waals surface area contributed by atoms with Crippen molar-refractivity contribution >= 4 is 17.8 Å². The predicted octanol–water partition coefficient (Wildman–Crippen LogP) is 0.248. The Morgan fingerprint density at radius 1 is 1.21 bits per heavy atom. The summed E-state index contributed by atoms with van der Waals surface area (Å²) in [6.45, 7) is 4.22. The summed E-state index contributed by atoms with van der Waals surface area (Å²) in [7, 11) is 3.31. The molecule has 19 heavy (non-hydrogen) atoms. The Morgan fingerprint density at radius 2 is 1.89 bits per heavy atom. The van der Waals surface area contributed by atoms with Gasteiger partial charge < -0.3 is 20.7 Å². The molecule has 0 aliphatic carbocycles. The van der Waals surface area contributed by atoms with Crippen LogP contribution in [0.2, 0.25) is 0 Å². The van der Waals surface area contributed by atoms with E-state index in [9.17, 15) is 4.79 Å². The van der Waals surface area contributed by atoms with E-state index in [-0.39, 0.29) is 18.0 Å². The lowest BCUT2D eigenvalue weighted by Gasteiger charge is -2.10. The topological polar surface area (TPSA) is 101 Å². The molecule has 8 heteroatoms. The summed E-state index contributed by atoms with van der Waals surface area (Å²) >= 11 is 0. The quantitative estimate of drug-likeness (QED) is 0.651. The molecular formula is C11H20N6O2. The number of rotatable bonds is 7. The minimum atomic E-state index is -0.0472. The van der Waals surface area contributed by atoms with Crippen LogP contribution in [0.5, 0.6) is 6.01 Å². The summed E-state index contributed by atoms with van der Waals surface area (Å²) in [6, 6.07) is 0.247. The zero-order valence-corrected chi connectivity index (χ0v) is 11.6. The van der Waals surface area contributed by atoms with E-state index in [0.29, 0.717) is 24.9 Å². The number of hydrogen-bond acceptors (Lipinski definition) is 7. The van der Waals surface area contributed by atoms with Gasteiger partial charge in [-0.15, -0.1) is 0 Å². The third kappa shape index (κ3) is 5.36.